The van der Waals surface area contributed by atoms with Gasteiger partial charge in [0.25, 0.3) is 5.91 Å². The van der Waals surface area contributed by atoms with Gasteiger partial charge in [-0.25, -0.2) is 14.8 Å². The predicted octanol–water partition coefficient (Wildman–Crippen LogP) is 3.32. The third kappa shape index (κ3) is 3.88. The number of hydrogen-bond acceptors (Lipinski definition) is 7. The zero-order valence-corrected chi connectivity index (χ0v) is 21.2. The zero-order valence-electron chi connectivity index (χ0n) is 21.2. The highest BCUT2D eigenvalue weighted by atomic mass is 16.4. The minimum Gasteiger partial charge on any atom is -0.481 e. The van der Waals surface area contributed by atoms with E-state index in [0.717, 1.165) is 43.2 Å². The van der Waals surface area contributed by atoms with Crippen LogP contribution in [0.1, 0.15) is 83.0 Å². The van der Waals surface area contributed by atoms with Crippen LogP contribution in [-0.4, -0.2) is 54.4 Å². The molecule has 3 saturated carbocycles. The number of anilines is 1. The number of carbonyl (C=O) groups is 3. The summed E-state index contributed by atoms with van der Waals surface area (Å²) in [4.78, 5) is 45.1. The maximum absolute atomic E-state index is 13.3. The molecule has 4 aliphatic rings. The largest absolute Gasteiger partial charge is 0.481 e. The van der Waals surface area contributed by atoms with Crippen LogP contribution < -0.4 is 10.6 Å². The van der Waals surface area contributed by atoms with Gasteiger partial charge < -0.3 is 20.8 Å². The summed E-state index contributed by atoms with van der Waals surface area (Å²) in [5, 5.41) is 30.0. The SMILES string of the molecule is Cn1nc(NC2CCc3cc(C(=O)O)ccc32)c2ncnc(C(=O)NCC34CCC(C(=O)O)(CC3)CC4)c21. The number of amides is 1. The molecule has 2 bridgehead atoms. The van der Waals surface area contributed by atoms with Crippen molar-refractivity contribution in [3.8, 4) is 0 Å². The van der Waals surface area contributed by atoms with Crippen LogP contribution in [0.15, 0.2) is 24.5 Å². The summed E-state index contributed by atoms with van der Waals surface area (Å²) in [6.07, 6.45) is 7.31. The Morgan fingerprint density at radius 2 is 1.82 bits per heavy atom. The molecular weight excluding hydrogens is 488 g/mol. The molecule has 38 heavy (non-hydrogen) atoms. The average molecular weight is 519 g/mol. The Kier molecular flexibility index (Phi) is 5.62. The van der Waals surface area contributed by atoms with E-state index >= 15 is 0 Å². The van der Waals surface area contributed by atoms with Crippen LogP contribution in [0.5, 0.6) is 0 Å². The van der Waals surface area contributed by atoms with Gasteiger partial charge in [0.15, 0.2) is 11.5 Å². The molecule has 1 amide bonds. The fourth-order valence-corrected chi connectivity index (χ4v) is 6.64. The van der Waals surface area contributed by atoms with Crippen molar-refractivity contribution in [3.63, 3.8) is 0 Å². The van der Waals surface area contributed by atoms with Crippen molar-refractivity contribution in [1.82, 2.24) is 25.1 Å². The smallest absolute Gasteiger partial charge is 0.335 e. The highest BCUT2D eigenvalue weighted by Gasteiger charge is 2.52. The molecule has 4 N–H and O–H groups in total. The number of aromatic nitrogens is 4. The van der Waals surface area contributed by atoms with Crippen molar-refractivity contribution in [1.29, 1.82) is 0 Å². The molecule has 2 heterocycles. The predicted molar refractivity (Wildman–Crippen MR) is 137 cm³/mol. The molecule has 11 nitrogen and oxygen atoms in total. The number of carbonyl (C=O) groups excluding carboxylic acids is 1. The number of nitrogens with one attached hydrogen (secondary N) is 2. The summed E-state index contributed by atoms with van der Waals surface area (Å²) in [6, 6.07) is 5.13. The van der Waals surface area contributed by atoms with Gasteiger partial charge in [-0.1, -0.05) is 6.07 Å². The van der Waals surface area contributed by atoms with Gasteiger partial charge in [-0.3, -0.25) is 14.3 Å². The molecule has 11 heteroatoms. The standard InChI is InChI=1S/C27H30N6O5/c1-33-21-19(22(32-33)31-18-5-3-15-12-16(24(35)36)2-4-17(15)18)29-14-30-20(21)23(34)28-13-26-6-9-27(10-7-26,11-8-26)25(37)38/h2,4,12,14,18H,3,5-11,13H2,1H3,(H,28,34)(H,31,32)(H,35,36)(H,37,38). The summed E-state index contributed by atoms with van der Waals surface area (Å²) >= 11 is 0. The van der Waals surface area contributed by atoms with Crippen molar-refractivity contribution in [2.45, 2.75) is 57.4 Å². The average Bonchev–Trinajstić information content (AvgIpc) is 3.48. The lowest BCUT2D eigenvalue weighted by molar-refractivity contribution is -0.158. The Bertz CT molecular complexity index is 1460. The number of hydrogen-bond donors (Lipinski definition) is 4. The van der Waals surface area contributed by atoms with Gasteiger partial charge in [-0.05, 0) is 80.0 Å². The van der Waals surface area contributed by atoms with Crippen molar-refractivity contribution in [3.05, 3.63) is 46.9 Å². The first-order valence-electron chi connectivity index (χ1n) is 13.0. The third-order valence-corrected chi connectivity index (χ3v) is 9.09. The van der Waals surface area contributed by atoms with Gasteiger partial charge in [0, 0.05) is 13.6 Å². The number of aliphatic carboxylic acids is 1. The highest BCUT2D eigenvalue weighted by Crippen LogP contribution is 2.56. The number of rotatable bonds is 7. The Hall–Kier alpha value is -4.02. The monoisotopic (exact) mass is 518 g/mol. The Labute approximate surface area is 218 Å². The highest BCUT2D eigenvalue weighted by molar-refractivity contribution is 6.05. The number of aryl methyl sites for hydroxylation is 2. The maximum Gasteiger partial charge on any atom is 0.335 e. The van der Waals surface area contributed by atoms with Crippen LogP contribution >= 0.6 is 0 Å². The molecule has 1 aromatic carbocycles. The van der Waals surface area contributed by atoms with Crippen molar-refractivity contribution in [2.24, 2.45) is 17.9 Å². The molecule has 3 aromatic rings. The quantitative estimate of drug-likeness (QED) is 0.368. The zero-order chi connectivity index (χ0) is 26.7. The number of fused-ring (bicyclic) bond motifs is 5. The first-order valence-corrected chi connectivity index (χ1v) is 13.0. The summed E-state index contributed by atoms with van der Waals surface area (Å²) in [7, 11) is 1.75. The topological polar surface area (TPSA) is 159 Å². The Morgan fingerprint density at radius 3 is 2.50 bits per heavy atom. The first kappa shape index (κ1) is 24.3. The third-order valence-electron chi connectivity index (χ3n) is 9.09. The van der Waals surface area contributed by atoms with Crippen LogP contribution in [0.3, 0.4) is 0 Å². The van der Waals surface area contributed by atoms with Crippen molar-refractivity contribution < 1.29 is 24.6 Å². The van der Waals surface area contributed by atoms with Crippen LogP contribution in [0.4, 0.5) is 5.82 Å². The molecule has 198 valence electrons. The van der Waals surface area contributed by atoms with E-state index in [-0.39, 0.29) is 28.6 Å². The van der Waals surface area contributed by atoms with Gasteiger partial charge in [0.05, 0.1) is 17.0 Å². The minimum atomic E-state index is -0.942. The van der Waals surface area contributed by atoms with E-state index in [1.54, 1.807) is 23.9 Å². The Balaban J connectivity index is 1.19. The number of nitrogens with zero attached hydrogens (tertiary/aromatic N) is 4. The fraction of sp³-hybridized carbons (Fsp3) is 0.481. The van der Waals surface area contributed by atoms with E-state index in [9.17, 15) is 24.6 Å². The normalized spacial score (nSPS) is 25.8. The van der Waals surface area contributed by atoms with Crippen LogP contribution in [0.2, 0.25) is 0 Å². The number of carboxylic acid groups (broad SMARTS) is 2. The van der Waals surface area contributed by atoms with Gasteiger partial charge in [-0.2, -0.15) is 5.10 Å². The van der Waals surface area contributed by atoms with Crippen LogP contribution in [-0.2, 0) is 18.3 Å². The molecule has 0 aliphatic heterocycles. The molecule has 7 rings (SSSR count). The van der Waals surface area contributed by atoms with E-state index in [1.807, 2.05) is 6.07 Å². The number of carboxylic acids is 2. The summed E-state index contributed by atoms with van der Waals surface area (Å²) < 4.78 is 1.61. The van der Waals surface area contributed by atoms with E-state index in [0.29, 0.717) is 42.7 Å². The minimum absolute atomic E-state index is 0.0483. The summed E-state index contributed by atoms with van der Waals surface area (Å²) in [5.74, 6) is -1.39. The van der Waals surface area contributed by atoms with E-state index in [1.165, 1.54) is 6.33 Å². The molecule has 1 unspecified atom stereocenters. The van der Waals surface area contributed by atoms with Gasteiger partial charge in [0.1, 0.15) is 17.4 Å². The maximum atomic E-state index is 13.3. The van der Waals surface area contributed by atoms with Gasteiger partial charge >= 0.3 is 11.9 Å². The van der Waals surface area contributed by atoms with E-state index in [4.69, 9.17) is 0 Å². The van der Waals surface area contributed by atoms with Crippen LogP contribution in [0, 0.1) is 10.8 Å². The molecule has 2 aromatic heterocycles. The van der Waals surface area contributed by atoms with Crippen molar-refractivity contribution in [2.75, 3.05) is 11.9 Å². The molecular formula is C27H30N6O5. The molecule has 1 atom stereocenters. The number of benzene rings is 1. The molecule has 3 fully saturated rings. The molecule has 4 aliphatic carbocycles. The van der Waals surface area contributed by atoms with E-state index in [2.05, 4.69) is 25.7 Å². The molecule has 0 spiro atoms. The Morgan fingerprint density at radius 1 is 1.08 bits per heavy atom. The van der Waals surface area contributed by atoms with E-state index < -0.39 is 17.4 Å². The summed E-state index contributed by atoms with van der Waals surface area (Å²) in [5.41, 5.74) is 2.99. The second kappa shape index (κ2) is 8.78. The van der Waals surface area contributed by atoms with Gasteiger partial charge in [0.2, 0.25) is 0 Å². The fourth-order valence-electron chi connectivity index (χ4n) is 6.64. The second-order valence-electron chi connectivity index (χ2n) is 11.1. The summed E-state index contributed by atoms with van der Waals surface area (Å²) in [6.45, 7) is 0.493. The van der Waals surface area contributed by atoms with Crippen LogP contribution in [0.25, 0.3) is 11.0 Å². The molecule has 0 radical (unpaired) electrons. The lowest BCUT2D eigenvalue weighted by Gasteiger charge is -2.51. The molecule has 0 saturated heterocycles. The number of aromatic carboxylic acids is 1. The second-order valence-corrected chi connectivity index (χ2v) is 11.1. The lowest BCUT2D eigenvalue weighted by Crippen LogP contribution is -2.50. The lowest BCUT2D eigenvalue weighted by atomic mass is 9.53. The van der Waals surface area contributed by atoms with Gasteiger partial charge in [-0.15, -0.1) is 0 Å². The first-order chi connectivity index (χ1) is 18.2. The van der Waals surface area contributed by atoms with Crippen molar-refractivity contribution >= 4 is 34.7 Å².